The van der Waals surface area contributed by atoms with Crippen molar-refractivity contribution in [1.29, 1.82) is 0 Å². The molecule has 1 heterocycles. The van der Waals surface area contributed by atoms with Gasteiger partial charge in [0.2, 0.25) is 0 Å². The van der Waals surface area contributed by atoms with Crippen molar-refractivity contribution in [3.8, 4) is 0 Å². The number of oxime groups is 1. The molecular formula is C22H16Cl3F3N2O5. The van der Waals surface area contributed by atoms with Gasteiger partial charge in [0.25, 0.3) is 5.60 Å². The van der Waals surface area contributed by atoms with E-state index >= 15 is 0 Å². The van der Waals surface area contributed by atoms with Gasteiger partial charge in [0.1, 0.15) is 0 Å². The molecule has 1 aliphatic heterocycles. The molecule has 2 aliphatic rings. The Labute approximate surface area is 211 Å². The molecule has 1 saturated carbocycles. The van der Waals surface area contributed by atoms with Crippen LogP contribution in [0.25, 0.3) is 0 Å². The molecule has 0 bridgehead atoms. The molecule has 0 aromatic heterocycles. The van der Waals surface area contributed by atoms with Gasteiger partial charge in [0, 0.05) is 12.0 Å². The van der Waals surface area contributed by atoms with Gasteiger partial charge < -0.3 is 20.4 Å². The number of ether oxygens (including phenoxy) is 1. The highest BCUT2D eigenvalue weighted by Crippen LogP contribution is 2.51. The Morgan fingerprint density at radius 1 is 1.09 bits per heavy atom. The number of amides is 1. The number of primary amides is 1. The van der Waals surface area contributed by atoms with Crippen LogP contribution in [0.1, 0.15) is 36.0 Å². The molecule has 1 unspecified atom stereocenters. The van der Waals surface area contributed by atoms with E-state index in [1.807, 2.05) is 0 Å². The van der Waals surface area contributed by atoms with E-state index in [2.05, 4.69) is 9.89 Å². The number of alkyl halides is 3. The van der Waals surface area contributed by atoms with E-state index in [-0.39, 0.29) is 39.2 Å². The predicted octanol–water partition coefficient (Wildman–Crippen LogP) is 5.45. The highest BCUT2D eigenvalue weighted by molar-refractivity contribution is 6.48. The summed E-state index contributed by atoms with van der Waals surface area (Å²) >= 11 is 17.8. The van der Waals surface area contributed by atoms with Crippen LogP contribution in [0.4, 0.5) is 18.0 Å². The van der Waals surface area contributed by atoms with Gasteiger partial charge in [-0.25, -0.2) is 4.79 Å². The lowest BCUT2D eigenvalue weighted by Gasteiger charge is -2.42. The predicted molar refractivity (Wildman–Crippen MR) is 120 cm³/mol. The van der Waals surface area contributed by atoms with Crippen molar-refractivity contribution in [1.82, 2.24) is 0 Å². The van der Waals surface area contributed by atoms with Crippen LogP contribution in [0.2, 0.25) is 15.1 Å². The number of hydrogen-bond donors (Lipinski definition) is 2. The van der Waals surface area contributed by atoms with Crippen molar-refractivity contribution in [3.05, 3.63) is 68.2 Å². The third kappa shape index (κ3) is 4.55. The first-order chi connectivity index (χ1) is 16.3. The molecule has 4 rings (SSSR count). The maximum atomic E-state index is 14.2. The van der Waals surface area contributed by atoms with E-state index in [9.17, 15) is 27.9 Å². The van der Waals surface area contributed by atoms with Crippen LogP contribution in [0.15, 0.2) is 41.6 Å². The van der Waals surface area contributed by atoms with Crippen LogP contribution in [0.3, 0.4) is 0 Å². The molecule has 1 atom stereocenters. The van der Waals surface area contributed by atoms with E-state index in [4.69, 9.17) is 45.4 Å². The first kappa shape index (κ1) is 25.6. The van der Waals surface area contributed by atoms with Crippen molar-refractivity contribution in [2.45, 2.75) is 36.6 Å². The molecule has 7 nitrogen and oxygen atoms in total. The highest BCUT2D eigenvalue weighted by Gasteiger charge is 2.62. The number of benzene rings is 2. The summed E-state index contributed by atoms with van der Waals surface area (Å²) in [6, 6.07) is 8.07. The summed E-state index contributed by atoms with van der Waals surface area (Å²) in [7, 11) is 0. The van der Waals surface area contributed by atoms with Gasteiger partial charge in [-0.3, -0.25) is 4.79 Å². The lowest BCUT2D eigenvalue weighted by Crippen LogP contribution is -2.45. The fourth-order valence-electron chi connectivity index (χ4n) is 4.16. The Morgan fingerprint density at radius 3 is 2.17 bits per heavy atom. The second kappa shape index (κ2) is 8.85. The molecule has 3 N–H and O–H groups in total. The smallest absolute Gasteiger partial charge is 0.385 e. The number of nitrogens with two attached hydrogens (primary N) is 1. The van der Waals surface area contributed by atoms with Gasteiger partial charge >= 0.3 is 18.2 Å². The number of carbonyl (C=O) groups is 2. The Kier molecular flexibility index (Phi) is 6.46. The summed E-state index contributed by atoms with van der Waals surface area (Å²) in [5.41, 5.74) is 1.06. The summed E-state index contributed by atoms with van der Waals surface area (Å²) in [6.07, 6.45) is -6.76. The number of hydrogen-bond acceptors (Lipinski definition) is 6. The van der Waals surface area contributed by atoms with E-state index in [1.165, 1.54) is 24.3 Å². The molecule has 1 aliphatic carbocycles. The van der Waals surface area contributed by atoms with Crippen molar-refractivity contribution >= 4 is 52.6 Å². The minimum absolute atomic E-state index is 0.00219. The van der Waals surface area contributed by atoms with Gasteiger partial charge in [-0.2, -0.15) is 13.2 Å². The Morgan fingerprint density at radius 2 is 1.66 bits per heavy atom. The van der Waals surface area contributed by atoms with E-state index in [0.717, 1.165) is 12.1 Å². The van der Waals surface area contributed by atoms with Gasteiger partial charge in [0.05, 0.1) is 32.3 Å². The van der Waals surface area contributed by atoms with E-state index < -0.39 is 41.8 Å². The van der Waals surface area contributed by atoms with Gasteiger partial charge in [-0.05, 0) is 36.1 Å². The largest absolute Gasteiger partial charge is 0.435 e. The SMILES string of the molecule is NC(=O)OC(=O)C1CC(O)(c2ccc(C3=NOC(c4cc(Cl)c(Cl)c(Cl)c4)(C(F)(F)F)C3)cc2)C1. The summed E-state index contributed by atoms with van der Waals surface area (Å²) in [4.78, 5) is 27.4. The Hall–Kier alpha value is -2.53. The minimum atomic E-state index is -4.87. The molecular weight excluding hydrogens is 536 g/mol. The summed E-state index contributed by atoms with van der Waals surface area (Å²) in [5, 5.41) is 14.0. The number of esters is 1. The molecule has 2 aromatic rings. The number of rotatable bonds is 4. The lowest BCUT2D eigenvalue weighted by atomic mass is 9.67. The maximum absolute atomic E-state index is 14.2. The van der Waals surface area contributed by atoms with Gasteiger partial charge in [-0.1, -0.05) is 64.2 Å². The van der Waals surface area contributed by atoms with E-state index in [0.29, 0.717) is 11.1 Å². The quantitative estimate of drug-likeness (QED) is 0.298. The van der Waals surface area contributed by atoms with Crippen LogP contribution in [-0.4, -0.2) is 29.1 Å². The van der Waals surface area contributed by atoms with Crippen molar-refractivity contribution in [2.75, 3.05) is 0 Å². The fourth-order valence-corrected chi connectivity index (χ4v) is 4.76. The van der Waals surface area contributed by atoms with Crippen LogP contribution < -0.4 is 5.73 Å². The minimum Gasteiger partial charge on any atom is -0.385 e. The van der Waals surface area contributed by atoms with Crippen molar-refractivity contribution in [2.24, 2.45) is 16.8 Å². The van der Waals surface area contributed by atoms with Crippen molar-refractivity contribution < 1.29 is 37.4 Å². The second-order valence-corrected chi connectivity index (χ2v) is 9.53. The van der Waals surface area contributed by atoms with Crippen LogP contribution >= 0.6 is 34.8 Å². The van der Waals surface area contributed by atoms with Crippen molar-refractivity contribution in [3.63, 3.8) is 0 Å². The molecule has 13 heteroatoms. The third-order valence-electron chi connectivity index (χ3n) is 6.09. The lowest BCUT2D eigenvalue weighted by molar-refractivity contribution is -0.275. The molecule has 0 radical (unpaired) electrons. The normalized spacial score (nSPS) is 25.9. The summed E-state index contributed by atoms with van der Waals surface area (Å²) < 4.78 is 46.9. The average molecular weight is 552 g/mol. The Balaban J connectivity index is 1.53. The summed E-state index contributed by atoms with van der Waals surface area (Å²) in [5.74, 6) is -1.53. The first-order valence-corrected chi connectivity index (χ1v) is 11.2. The molecule has 1 fully saturated rings. The number of carbonyl (C=O) groups excluding carboxylic acids is 2. The zero-order chi connectivity index (χ0) is 25.8. The number of halogens is 6. The topological polar surface area (TPSA) is 111 Å². The fraction of sp³-hybridized carbons (Fsp3) is 0.318. The molecule has 186 valence electrons. The molecule has 0 spiro atoms. The molecule has 2 aromatic carbocycles. The maximum Gasteiger partial charge on any atom is 0.435 e. The highest BCUT2D eigenvalue weighted by atomic mass is 35.5. The first-order valence-electron chi connectivity index (χ1n) is 10.1. The van der Waals surface area contributed by atoms with Gasteiger partial charge in [-0.15, -0.1) is 0 Å². The molecule has 0 saturated heterocycles. The van der Waals surface area contributed by atoms with Crippen LogP contribution in [0.5, 0.6) is 0 Å². The zero-order valence-electron chi connectivity index (χ0n) is 17.5. The second-order valence-electron chi connectivity index (χ2n) is 8.34. The zero-order valence-corrected chi connectivity index (χ0v) is 19.8. The standard InChI is InChI=1S/C22H16Cl3F3N2O5/c23-14-5-13(6-15(24)17(14)25)21(22(26,27)28)9-16(30-35-21)10-1-3-12(4-2-10)20(33)7-11(8-20)18(31)34-19(29)32/h1-6,11,33H,7-9H2,(H2,29,32). The van der Waals surface area contributed by atoms with Crippen LogP contribution in [0, 0.1) is 5.92 Å². The third-order valence-corrected chi connectivity index (χ3v) is 7.29. The van der Waals surface area contributed by atoms with Gasteiger partial charge in [0.15, 0.2) is 0 Å². The monoisotopic (exact) mass is 550 g/mol. The number of nitrogens with zero attached hydrogens (tertiary/aromatic N) is 1. The van der Waals surface area contributed by atoms with E-state index in [1.54, 1.807) is 0 Å². The number of aliphatic hydroxyl groups is 1. The summed E-state index contributed by atoms with van der Waals surface area (Å²) in [6.45, 7) is 0. The van der Waals surface area contributed by atoms with Crippen LogP contribution in [-0.2, 0) is 25.6 Å². The molecule has 1 amide bonds. The molecule has 35 heavy (non-hydrogen) atoms. The average Bonchev–Trinajstić information content (AvgIpc) is 3.21. The Bertz CT molecular complexity index is 1210.